The molecule has 86 valence electrons. The van der Waals surface area contributed by atoms with Crippen molar-refractivity contribution in [3.8, 4) is 0 Å². The molecule has 0 bridgehead atoms. The van der Waals surface area contributed by atoms with E-state index in [9.17, 15) is 5.02 Å². The molecule has 15 heavy (non-hydrogen) atoms. The van der Waals surface area contributed by atoms with Crippen LogP contribution in [-0.4, -0.2) is 17.7 Å². The zero-order chi connectivity index (χ0) is 10.9. The van der Waals surface area contributed by atoms with E-state index in [-0.39, 0.29) is 10.9 Å². The topological polar surface area (TPSA) is 29.5 Å². The third-order valence-electron chi connectivity index (χ3n) is 4.40. The smallest absolute Gasteiger partial charge is 0.427 e. The van der Waals surface area contributed by atoms with Crippen molar-refractivity contribution in [2.24, 2.45) is 0 Å². The summed E-state index contributed by atoms with van der Waals surface area (Å²) < 4.78 is 5.94. The highest BCUT2D eigenvalue weighted by Gasteiger charge is 2.45. The predicted octanol–water partition coefficient (Wildman–Crippen LogP) is 3.15. The first kappa shape index (κ1) is 11.5. The summed E-state index contributed by atoms with van der Waals surface area (Å²) in [4.78, 5) is 0. The van der Waals surface area contributed by atoms with Gasteiger partial charge in [0, 0.05) is 5.31 Å². The van der Waals surface area contributed by atoms with Crippen LogP contribution in [0.25, 0.3) is 0 Å². The Kier molecular flexibility index (Phi) is 3.13. The molecule has 0 aromatic rings. The molecule has 2 fully saturated rings. The number of rotatable bonds is 3. The van der Waals surface area contributed by atoms with E-state index < -0.39 is 7.12 Å². The minimum absolute atomic E-state index is 0.0194. The molecule has 0 heterocycles. The Morgan fingerprint density at radius 2 is 1.40 bits per heavy atom. The third-order valence-corrected chi connectivity index (χ3v) is 4.40. The van der Waals surface area contributed by atoms with E-state index in [1.807, 2.05) is 0 Å². The second kappa shape index (κ2) is 4.10. The first-order chi connectivity index (χ1) is 7.04. The molecule has 2 nitrogen and oxygen atoms in total. The van der Waals surface area contributed by atoms with E-state index in [1.165, 1.54) is 25.7 Å². The van der Waals surface area contributed by atoms with Crippen molar-refractivity contribution < 1.29 is 9.68 Å². The van der Waals surface area contributed by atoms with Crippen molar-refractivity contribution in [1.29, 1.82) is 0 Å². The van der Waals surface area contributed by atoms with E-state index in [1.54, 1.807) is 0 Å². The van der Waals surface area contributed by atoms with Gasteiger partial charge in [0.15, 0.2) is 0 Å². The first-order valence-electron chi connectivity index (χ1n) is 6.40. The molecule has 0 unspecified atom stereocenters. The van der Waals surface area contributed by atoms with Crippen LogP contribution in [0.3, 0.4) is 0 Å². The molecule has 2 aliphatic rings. The SMILES string of the molecule is CC1(OB(O)C2(C)CCCC2)CCCC1. The highest BCUT2D eigenvalue weighted by molar-refractivity contribution is 6.47. The maximum Gasteiger partial charge on any atom is 0.460 e. The Hall–Kier alpha value is -0.0151. The van der Waals surface area contributed by atoms with Crippen LogP contribution in [-0.2, 0) is 4.65 Å². The maximum atomic E-state index is 10.2. The van der Waals surface area contributed by atoms with Gasteiger partial charge in [-0.05, 0) is 32.6 Å². The third kappa shape index (κ3) is 2.39. The molecule has 0 atom stereocenters. The van der Waals surface area contributed by atoms with E-state index in [0.29, 0.717) is 0 Å². The summed E-state index contributed by atoms with van der Waals surface area (Å²) in [6.07, 6.45) is 9.44. The summed E-state index contributed by atoms with van der Waals surface area (Å²) in [5.41, 5.74) is -0.0506. The van der Waals surface area contributed by atoms with Gasteiger partial charge in [-0.15, -0.1) is 0 Å². The van der Waals surface area contributed by atoms with Crippen LogP contribution in [0.4, 0.5) is 0 Å². The van der Waals surface area contributed by atoms with Crippen LogP contribution in [0, 0.1) is 0 Å². The standard InChI is InChI=1S/C12H23BO2/c1-11(7-3-4-8-11)13(14)15-12(2)9-5-6-10-12/h14H,3-10H2,1-2H3. The molecule has 0 aromatic heterocycles. The summed E-state index contributed by atoms with van der Waals surface area (Å²) in [6.45, 7) is 4.32. The average molecular weight is 210 g/mol. The molecule has 1 N–H and O–H groups in total. The largest absolute Gasteiger partial charge is 0.460 e. The van der Waals surface area contributed by atoms with Gasteiger partial charge in [-0.25, -0.2) is 0 Å². The molecule has 0 spiro atoms. The molecule has 3 heteroatoms. The van der Waals surface area contributed by atoms with Crippen molar-refractivity contribution in [2.75, 3.05) is 0 Å². The minimum Gasteiger partial charge on any atom is -0.427 e. The molecular weight excluding hydrogens is 187 g/mol. The predicted molar refractivity (Wildman–Crippen MR) is 62.8 cm³/mol. The maximum absolute atomic E-state index is 10.2. The van der Waals surface area contributed by atoms with Crippen LogP contribution in [0.15, 0.2) is 0 Å². The Bertz CT molecular complexity index is 218. The Labute approximate surface area is 93.5 Å². The van der Waals surface area contributed by atoms with Gasteiger partial charge in [0.05, 0.1) is 5.60 Å². The van der Waals surface area contributed by atoms with Crippen LogP contribution < -0.4 is 0 Å². The van der Waals surface area contributed by atoms with Crippen molar-refractivity contribution >= 4 is 7.12 Å². The Morgan fingerprint density at radius 1 is 0.933 bits per heavy atom. The molecule has 2 saturated carbocycles. The van der Waals surface area contributed by atoms with E-state index in [4.69, 9.17) is 4.65 Å². The van der Waals surface area contributed by atoms with Crippen LogP contribution in [0.1, 0.15) is 65.2 Å². The summed E-state index contributed by atoms with van der Waals surface area (Å²) in [7, 11) is -0.553. The lowest BCUT2D eigenvalue weighted by Gasteiger charge is -2.33. The van der Waals surface area contributed by atoms with Crippen LogP contribution >= 0.6 is 0 Å². The number of hydrogen-bond acceptors (Lipinski definition) is 2. The molecular formula is C12H23BO2. The van der Waals surface area contributed by atoms with Gasteiger partial charge < -0.3 is 9.68 Å². The van der Waals surface area contributed by atoms with Gasteiger partial charge in [0.2, 0.25) is 0 Å². The summed E-state index contributed by atoms with van der Waals surface area (Å²) in [5.74, 6) is 0. The molecule has 0 aromatic carbocycles. The fourth-order valence-electron chi connectivity index (χ4n) is 3.08. The number of hydrogen-bond donors (Lipinski definition) is 1. The van der Waals surface area contributed by atoms with Gasteiger partial charge in [0.1, 0.15) is 0 Å². The van der Waals surface area contributed by atoms with Crippen molar-refractivity contribution in [3.63, 3.8) is 0 Å². The van der Waals surface area contributed by atoms with Crippen LogP contribution in [0.2, 0.25) is 5.31 Å². The molecule has 2 rings (SSSR count). The lowest BCUT2D eigenvalue weighted by Crippen LogP contribution is -2.40. The monoisotopic (exact) mass is 210 g/mol. The van der Waals surface area contributed by atoms with Crippen molar-refractivity contribution in [1.82, 2.24) is 0 Å². The van der Waals surface area contributed by atoms with Gasteiger partial charge in [-0.1, -0.05) is 32.6 Å². The summed E-state index contributed by atoms with van der Waals surface area (Å²) >= 11 is 0. The van der Waals surface area contributed by atoms with E-state index in [0.717, 1.165) is 25.7 Å². The highest BCUT2D eigenvalue weighted by atomic mass is 16.5. The lowest BCUT2D eigenvalue weighted by molar-refractivity contribution is 0.0604. The zero-order valence-electron chi connectivity index (χ0n) is 10.1. The average Bonchev–Trinajstić information content (AvgIpc) is 2.76. The van der Waals surface area contributed by atoms with Crippen molar-refractivity contribution in [2.45, 2.75) is 76.1 Å². The molecule has 0 radical (unpaired) electrons. The van der Waals surface area contributed by atoms with Crippen molar-refractivity contribution in [3.05, 3.63) is 0 Å². The second-order valence-corrected chi connectivity index (χ2v) is 5.99. The minimum atomic E-state index is -0.553. The van der Waals surface area contributed by atoms with E-state index >= 15 is 0 Å². The normalized spacial score (nSPS) is 28.2. The molecule has 0 amide bonds. The van der Waals surface area contributed by atoms with Gasteiger partial charge in [-0.2, -0.15) is 0 Å². The quantitative estimate of drug-likeness (QED) is 0.725. The fraction of sp³-hybridized carbons (Fsp3) is 1.00. The molecule has 2 aliphatic carbocycles. The van der Waals surface area contributed by atoms with Gasteiger partial charge in [-0.3, -0.25) is 0 Å². The van der Waals surface area contributed by atoms with Crippen LogP contribution in [0.5, 0.6) is 0 Å². The van der Waals surface area contributed by atoms with Gasteiger partial charge >= 0.3 is 7.12 Å². The summed E-state index contributed by atoms with van der Waals surface area (Å²) in [6, 6.07) is 0. The van der Waals surface area contributed by atoms with E-state index in [2.05, 4.69) is 13.8 Å². The summed E-state index contributed by atoms with van der Waals surface area (Å²) in [5, 5.41) is 10.2. The second-order valence-electron chi connectivity index (χ2n) is 5.99. The first-order valence-corrected chi connectivity index (χ1v) is 6.40. The van der Waals surface area contributed by atoms with Gasteiger partial charge in [0.25, 0.3) is 0 Å². The zero-order valence-corrected chi connectivity index (χ0v) is 10.1. The Morgan fingerprint density at radius 3 is 1.93 bits per heavy atom. The fourth-order valence-corrected chi connectivity index (χ4v) is 3.08. The lowest BCUT2D eigenvalue weighted by atomic mass is 9.57. The molecule has 0 saturated heterocycles. The highest BCUT2D eigenvalue weighted by Crippen LogP contribution is 2.48. The Balaban J connectivity index is 1.93. The molecule has 0 aliphatic heterocycles.